The van der Waals surface area contributed by atoms with Crippen molar-refractivity contribution < 1.29 is 19.4 Å². The van der Waals surface area contributed by atoms with Crippen LogP contribution in [-0.2, 0) is 4.79 Å². The first-order valence-corrected chi connectivity index (χ1v) is 8.19. The number of ether oxygens (including phenoxy) is 1. The van der Waals surface area contributed by atoms with Crippen LogP contribution < -0.4 is 15.5 Å². The molecular formula is C19H19N3O4. The maximum absolute atomic E-state index is 12.1. The van der Waals surface area contributed by atoms with Gasteiger partial charge >= 0.3 is 0 Å². The topological polar surface area (TPSA) is 100 Å². The van der Waals surface area contributed by atoms with Crippen LogP contribution in [0.5, 0.6) is 11.5 Å². The van der Waals surface area contributed by atoms with Gasteiger partial charge in [-0.05, 0) is 49.2 Å². The summed E-state index contributed by atoms with van der Waals surface area (Å²) in [5.74, 6) is 0.0156. The highest BCUT2D eigenvalue weighted by atomic mass is 16.5. The standard InChI is InChI=1S/C19H19N3O4/c1-26-16-4-2-3-14(17(16)23)11-20-22-19(25)13-7-9-15(10-8-13)21-18(24)12-5-6-12/h2-4,7-12,23H,5-6H2,1H3,(H,21,24)(H,22,25)/b20-11+. The molecule has 26 heavy (non-hydrogen) atoms. The lowest BCUT2D eigenvalue weighted by atomic mass is 10.2. The maximum atomic E-state index is 12.1. The number of nitrogens with one attached hydrogen (secondary N) is 2. The molecule has 1 saturated carbocycles. The number of phenols is 1. The van der Waals surface area contributed by atoms with Gasteiger partial charge in [0.05, 0.1) is 13.3 Å². The van der Waals surface area contributed by atoms with E-state index < -0.39 is 5.91 Å². The van der Waals surface area contributed by atoms with Crippen molar-refractivity contribution in [1.29, 1.82) is 0 Å². The summed E-state index contributed by atoms with van der Waals surface area (Å²) in [6.45, 7) is 0. The van der Waals surface area contributed by atoms with Gasteiger partial charge in [0.1, 0.15) is 0 Å². The van der Waals surface area contributed by atoms with E-state index in [1.807, 2.05) is 0 Å². The molecule has 2 amide bonds. The first-order chi connectivity index (χ1) is 12.6. The Kier molecular flexibility index (Phi) is 5.17. The molecular weight excluding hydrogens is 334 g/mol. The van der Waals surface area contributed by atoms with Gasteiger partial charge in [-0.15, -0.1) is 0 Å². The van der Waals surface area contributed by atoms with E-state index in [1.165, 1.54) is 13.3 Å². The number of rotatable bonds is 6. The Balaban J connectivity index is 1.58. The molecule has 0 radical (unpaired) electrons. The number of hydrogen-bond acceptors (Lipinski definition) is 5. The van der Waals surface area contributed by atoms with Crippen LogP contribution in [0.4, 0.5) is 5.69 Å². The van der Waals surface area contributed by atoms with E-state index in [1.54, 1.807) is 42.5 Å². The molecule has 7 nitrogen and oxygen atoms in total. The van der Waals surface area contributed by atoms with Crippen molar-refractivity contribution in [1.82, 2.24) is 5.43 Å². The van der Waals surface area contributed by atoms with Gasteiger partial charge in [-0.25, -0.2) is 5.43 Å². The number of anilines is 1. The smallest absolute Gasteiger partial charge is 0.271 e. The lowest BCUT2D eigenvalue weighted by molar-refractivity contribution is -0.117. The Hall–Kier alpha value is -3.35. The Morgan fingerprint density at radius 2 is 1.92 bits per heavy atom. The minimum absolute atomic E-state index is 0.0184. The van der Waals surface area contributed by atoms with Crippen molar-refractivity contribution in [2.45, 2.75) is 12.8 Å². The monoisotopic (exact) mass is 353 g/mol. The zero-order valence-electron chi connectivity index (χ0n) is 14.2. The number of benzene rings is 2. The summed E-state index contributed by atoms with van der Waals surface area (Å²) in [5, 5.41) is 16.6. The van der Waals surface area contributed by atoms with E-state index in [0.717, 1.165) is 12.8 Å². The van der Waals surface area contributed by atoms with Crippen LogP contribution in [0.1, 0.15) is 28.8 Å². The van der Waals surface area contributed by atoms with E-state index in [9.17, 15) is 14.7 Å². The van der Waals surface area contributed by atoms with Crippen molar-refractivity contribution >= 4 is 23.7 Å². The molecule has 2 aromatic rings. The van der Waals surface area contributed by atoms with Crippen LogP contribution in [-0.4, -0.2) is 30.2 Å². The lowest BCUT2D eigenvalue weighted by Gasteiger charge is -2.06. The molecule has 0 unspecified atom stereocenters. The summed E-state index contributed by atoms with van der Waals surface area (Å²) >= 11 is 0. The second-order valence-corrected chi connectivity index (χ2v) is 5.94. The van der Waals surface area contributed by atoms with Gasteiger partial charge in [-0.1, -0.05) is 6.07 Å². The zero-order chi connectivity index (χ0) is 18.5. The molecule has 0 bridgehead atoms. The molecule has 3 rings (SSSR count). The summed E-state index contributed by atoms with van der Waals surface area (Å²) in [6.07, 6.45) is 3.21. The molecule has 0 heterocycles. The van der Waals surface area contributed by atoms with E-state index >= 15 is 0 Å². The Morgan fingerprint density at radius 1 is 1.19 bits per heavy atom. The number of amides is 2. The van der Waals surface area contributed by atoms with Gasteiger partial charge in [0, 0.05) is 22.7 Å². The van der Waals surface area contributed by atoms with Gasteiger partial charge in [0.25, 0.3) is 5.91 Å². The molecule has 0 spiro atoms. The summed E-state index contributed by atoms with van der Waals surface area (Å²) < 4.78 is 5.01. The molecule has 2 aromatic carbocycles. The van der Waals surface area contributed by atoms with Crippen LogP contribution in [0, 0.1) is 5.92 Å². The average molecular weight is 353 g/mol. The summed E-state index contributed by atoms with van der Waals surface area (Å²) in [7, 11) is 1.45. The number of aromatic hydroxyl groups is 1. The number of methoxy groups -OCH3 is 1. The average Bonchev–Trinajstić information content (AvgIpc) is 3.49. The predicted octanol–water partition coefficient (Wildman–Crippen LogP) is 2.51. The maximum Gasteiger partial charge on any atom is 0.271 e. The molecule has 0 atom stereocenters. The Morgan fingerprint density at radius 3 is 2.58 bits per heavy atom. The Bertz CT molecular complexity index is 842. The third-order valence-electron chi connectivity index (χ3n) is 3.98. The van der Waals surface area contributed by atoms with Crippen molar-refractivity contribution in [2.75, 3.05) is 12.4 Å². The minimum atomic E-state index is -0.399. The number of carbonyl (C=O) groups is 2. The number of nitrogens with zero attached hydrogens (tertiary/aromatic N) is 1. The quantitative estimate of drug-likeness (QED) is 0.549. The first-order valence-electron chi connectivity index (χ1n) is 8.19. The molecule has 7 heteroatoms. The largest absolute Gasteiger partial charge is 0.504 e. The second-order valence-electron chi connectivity index (χ2n) is 5.94. The molecule has 0 aromatic heterocycles. The number of hydrazone groups is 1. The van der Waals surface area contributed by atoms with Crippen LogP contribution in [0.25, 0.3) is 0 Å². The van der Waals surface area contributed by atoms with E-state index in [-0.39, 0.29) is 17.6 Å². The zero-order valence-corrected chi connectivity index (χ0v) is 14.2. The van der Waals surface area contributed by atoms with Gasteiger partial charge in [0.15, 0.2) is 11.5 Å². The summed E-state index contributed by atoms with van der Waals surface area (Å²) in [6, 6.07) is 11.5. The third-order valence-corrected chi connectivity index (χ3v) is 3.98. The molecule has 1 fully saturated rings. The van der Waals surface area contributed by atoms with Crippen molar-refractivity contribution in [3.63, 3.8) is 0 Å². The second kappa shape index (κ2) is 7.69. The third kappa shape index (κ3) is 4.18. The predicted molar refractivity (Wildman–Crippen MR) is 97.5 cm³/mol. The fraction of sp³-hybridized carbons (Fsp3) is 0.211. The molecule has 1 aliphatic rings. The SMILES string of the molecule is COc1cccc(/C=N/NC(=O)c2ccc(NC(=O)C3CC3)cc2)c1O. The van der Waals surface area contributed by atoms with Crippen LogP contribution >= 0.6 is 0 Å². The molecule has 0 aliphatic heterocycles. The molecule has 3 N–H and O–H groups in total. The Labute approximate surface area is 150 Å². The van der Waals surface area contributed by atoms with E-state index in [0.29, 0.717) is 22.6 Å². The van der Waals surface area contributed by atoms with Crippen molar-refractivity contribution in [3.8, 4) is 11.5 Å². The number of para-hydroxylation sites is 1. The molecule has 0 saturated heterocycles. The lowest BCUT2D eigenvalue weighted by Crippen LogP contribution is -2.18. The first kappa shape index (κ1) is 17.5. The van der Waals surface area contributed by atoms with E-state index in [2.05, 4.69) is 15.8 Å². The molecule has 1 aliphatic carbocycles. The number of phenolic OH excluding ortho intramolecular Hbond substituents is 1. The van der Waals surface area contributed by atoms with Gasteiger partial charge in [-0.3, -0.25) is 9.59 Å². The molecule has 134 valence electrons. The highest BCUT2D eigenvalue weighted by Gasteiger charge is 2.29. The van der Waals surface area contributed by atoms with E-state index in [4.69, 9.17) is 4.74 Å². The summed E-state index contributed by atoms with van der Waals surface area (Å²) in [5.41, 5.74) is 3.87. The minimum Gasteiger partial charge on any atom is -0.504 e. The normalized spacial score (nSPS) is 13.4. The van der Waals surface area contributed by atoms with Crippen LogP contribution in [0.15, 0.2) is 47.6 Å². The summed E-state index contributed by atoms with van der Waals surface area (Å²) in [4.78, 5) is 23.8. The fourth-order valence-electron chi connectivity index (χ4n) is 2.33. The fourth-order valence-corrected chi connectivity index (χ4v) is 2.33. The van der Waals surface area contributed by atoms with Crippen LogP contribution in [0.3, 0.4) is 0 Å². The number of hydrogen-bond donors (Lipinski definition) is 3. The highest BCUT2D eigenvalue weighted by Crippen LogP contribution is 2.30. The van der Waals surface area contributed by atoms with Crippen molar-refractivity contribution in [2.24, 2.45) is 11.0 Å². The van der Waals surface area contributed by atoms with Crippen molar-refractivity contribution in [3.05, 3.63) is 53.6 Å². The van der Waals surface area contributed by atoms with Gasteiger partial charge in [0.2, 0.25) is 5.91 Å². The van der Waals surface area contributed by atoms with Gasteiger partial charge < -0.3 is 15.2 Å². The number of carbonyl (C=O) groups excluding carboxylic acids is 2. The highest BCUT2D eigenvalue weighted by molar-refractivity contribution is 5.97. The van der Waals surface area contributed by atoms with Crippen LogP contribution in [0.2, 0.25) is 0 Å². The van der Waals surface area contributed by atoms with Gasteiger partial charge in [-0.2, -0.15) is 5.10 Å².